The minimum absolute atomic E-state index is 0.532. The zero-order valence-corrected chi connectivity index (χ0v) is 12.6. The molecular weight excluding hydrogens is 284 g/mol. The van der Waals surface area contributed by atoms with Gasteiger partial charge in [-0.2, -0.15) is 10.2 Å². The summed E-state index contributed by atoms with van der Waals surface area (Å²) in [5.41, 5.74) is 4.05. The molecule has 3 nitrogen and oxygen atoms in total. The SMILES string of the molecule is c1ccc(C/N=N\Cc2cccc3c2oc2ccccc23)cc1. The van der Waals surface area contributed by atoms with Crippen LogP contribution in [0.25, 0.3) is 21.9 Å². The highest BCUT2D eigenvalue weighted by Crippen LogP contribution is 2.30. The lowest BCUT2D eigenvalue weighted by Crippen LogP contribution is -1.83. The molecule has 0 N–H and O–H groups in total. The summed E-state index contributed by atoms with van der Waals surface area (Å²) < 4.78 is 6.00. The fourth-order valence-electron chi connectivity index (χ4n) is 2.77. The second kappa shape index (κ2) is 6.05. The van der Waals surface area contributed by atoms with Crippen LogP contribution in [-0.2, 0) is 13.1 Å². The molecule has 0 amide bonds. The van der Waals surface area contributed by atoms with Crippen LogP contribution in [0.5, 0.6) is 0 Å². The number of fused-ring (bicyclic) bond motifs is 3. The molecule has 0 saturated carbocycles. The number of hydrogen-bond donors (Lipinski definition) is 0. The van der Waals surface area contributed by atoms with Gasteiger partial charge < -0.3 is 4.42 Å². The smallest absolute Gasteiger partial charge is 0.140 e. The zero-order valence-electron chi connectivity index (χ0n) is 12.6. The van der Waals surface area contributed by atoms with E-state index in [0.29, 0.717) is 13.1 Å². The van der Waals surface area contributed by atoms with Crippen molar-refractivity contribution >= 4 is 21.9 Å². The van der Waals surface area contributed by atoms with Crippen molar-refractivity contribution in [2.45, 2.75) is 13.1 Å². The molecule has 1 heterocycles. The van der Waals surface area contributed by atoms with E-state index in [1.807, 2.05) is 48.5 Å². The molecule has 0 saturated heterocycles. The van der Waals surface area contributed by atoms with E-state index in [2.05, 4.69) is 34.5 Å². The van der Waals surface area contributed by atoms with E-state index in [-0.39, 0.29) is 0 Å². The van der Waals surface area contributed by atoms with Gasteiger partial charge in [0.25, 0.3) is 0 Å². The molecule has 0 aliphatic heterocycles. The van der Waals surface area contributed by atoms with Crippen molar-refractivity contribution in [1.82, 2.24) is 0 Å². The summed E-state index contributed by atoms with van der Waals surface area (Å²) >= 11 is 0. The van der Waals surface area contributed by atoms with Crippen LogP contribution in [-0.4, -0.2) is 0 Å². The van der Waals surface area contributed by atoms with Crippen LogP contribution in [0.15, 0.2) is 87.4 Å². The van der Waals surface area contributed by atoms with Crippen LogP contribution < -0.4 is 0 Å². The van der Waals surface area contributed by atoms with Crippen molar-refractivity contribution in [3.8, 4) is 0 Å². The number of furan rings is 1. The highest BCUT2D eigenvalue weighted by Gasteiger charge is 2.09. The second-order valence-electron chi connectivity index (χ2n) is 5.48. The number of benzene rings is 3. The van der Waals surface area contributed by atoms with Crippen LogP contribution >= 0.6 is 0 Å². The Morgan fingerprint density at radius 1 is 0.652 bits per heavy atom. The molecule has 0 atom stereocenters. The van der Waals surface area contributed by atoms with Crippen LogP contribution in [0.4, 0.5) is 0 Å². The van der Waals surface area contributed by atoms with Gasteiger partial charge in [-0.05, 0) is 11.6 Å². The van der Waals surface area contributed by atoms with Crippen LogP contribution in [0.2, 0.25) is 0 Å². The molecule has 3 heteroatoms. The normalized spacial score (nSPS) is 11.7. The Morgan fingerprint density at radius 3 is 2.30 bits per heavy atom. The Balaban J connectivity index is 1.59. The zero-order chi connectivity index (χ0) is 15.5. The first-order valence-electron chi connectivity index (χ1n) is 7.68. The van der Waals surface area contributed by atoms with Crippen molar-refractivity contribution in [3.05, 3.63) is 83.9 Å². The summed E-state index contributed by atoms with van der Waals surface area (Å²) in [6, 6.07) is 24.4. The molecule has 0 bridgehead atoms. The van der Waals surface area contributed by atoms with E-state index in [0.717, 1.165) is 33.1 Å². The average Bonchev–Trinajstić information content (AvgIpc) is 2.99. The van der Waals surface area contributed by atoms with Gasteiger partial charge in [0.2, 0.25) is 0 Å². The molecule has 0 unspecified atom stereocenters. The van der Waals surface area contributed by atoms with Gasteiger partial charge in [-0.1, -0.05) is 66.7 Å². The largest absolute Gasteiger partial charge is 0.456 e. The van der Waals surface area contributed by atoms with E-state index >= 15 is 0 Å². The first-order valence-corrected chi connectivity index (χ1v) is 7.68. The van der Waals surface area contributed by atoms with Crippen LogP contribution in [0.1, 0.15) is 11.1 Å². The molecule has 0 aliphatic rings. The lowest BCUT2D eigenvalue weighted by molar-refractivity contribution is 0.661. The molecule has 0 spiro atoms. The number of azo groups is 1. The number of hydrogen-bond acceptors (Lipinski definition) is 3. The Kier molecular flexibility index (Phi) is 3.60. The fraction of sp³-hybridized carbons (Fsp3) is 0.100. The van der Waals surface area contributed by atoms with Gasteiger partial charge in [0.1, 0.15) is 11.2 Å². The first-order chi connectivity index (χ1) is 11.4. The Hall–Kier alpha value is -2.94. The van der Waals surface area contributed by atoms with Gasteiger partial charge in [0, 0.05) is 16.3 Å². The molecule has 0 radical (unpaired) electrons. The third-order valence-corrected chi connectivity index (χ3v) is 3.92. The third kappa shape index (κ3) is 2.73. The molecule has 23 heavy (non-hydrogen) atoms. The van der Waals surface area contributed by atoms with Crippen molar-refractivity contribution in [2.24, 2.45) is 10.2 Å². The Labute approximate surface area is 134 Å². The molecule has 0 fully saturated rings. The maximum absolute atomic E-state index is 6.00. The van der Waals surface area contributed by atoms with Gasteiger partial charge in [0.15, 0.2) is 0 Å². The van der Waals surface area contributed by atoms with Crippen molar-refractivity contribution in [1.29, 1.82) is 0 Å². The molecule has 112 valence electrons. The first kappa shape index (κ1) is 13.7. The van der Waals surface area contributed by atoms with Gasteiger partial charge in [-0.3, -0.25) is 0 Å². The predicted octanol–water partition coefficient (Wildman–Crippen LogP) is 5.74. The van der Waals surface area contributed by atoms with Gasteiger partial charge >= 0.3 is 0 Å². The summed E-state index contributed by atoms with van der Waals surface area (Å²) in [5.74, 6) is 0. The van der Waals surface area contributed by atoms with Gasteiger partial charge in [-0.15, -0.1) is 0 Å². The lowest BCUT2D eigenvalue weighted by Gasteiger charge is -1.98. The van der Waals surface area contributed by atoms with E-state index in [4.69, 9.17) is 4.42 Å². The van der Waals surface area contributed by atoms with Crippen molar-refractivity contribution in [3.63, 3.8) is 0 Å². The van der Waals surface area contributed by atoms with Crippen molar-refractivity contribution < 1.29 is 4.42 Å². The topological polar surface area (TPSA) is 37.9 Å². The lowest BCUT2D eigenvalue weighted by atomic mass is 10.1. The molecular formula is C20H16N2O. The maximum Gasteiger partial charge on any atom is 0.140 e. The number of rotatable bonds is 4. The summed E-state index contributed by atoms with van der Waals surface area (Å²) in [5, 5.41) is 10.9. The van der Waals surface area contributed by atoms with Crippen molar-refractivity contribution in [2.75, 3.05) is 0 Å². The molecule has 4 aromatic rings. The van der Waals surface area contributed by atoms with Crippen LogP contribution in [0.3, 0.4) is 0 Å². The van der Waals surface area contributed by atoms with Gasteiger partial charge in [0.05, 0.1) is 13.1 Å². The average molecular weight is 300 g/mol. The molecule has 4 rings (SSSR count). The number of nitrogens with zero attached hydrogens (tertiary/aromatic N) is 2. The van der Waals surface area contributed by atoms with E-state index in [1.54, 1.807) is 0 Å². The Morgan fingerprint density at radius 2 is 1.39 bits per heavy atom. The highest BCUT2D eigenvalue weighted by molar-refractivity contribution is 6.05. The minimum atomic E-state index is 0.532. The summed E-state index contributed by atoms with van der Waals surface area (Å²) in [6.07, 6.45) is 0. The highest BCUT2D eigenvalue weighted by atomic mass is 16.3. The summed E-state index contributed by atoms with van der Waals surface area (Å²) in [7, 11) is 0. The van der Waals surface area contributed by atoms with Crippen LogP contribution in [0, 0.1) is 0 Å². The molecule has 0 aliphatic carbocycles. The fourth-order valence-corrected chi connectivity index (χ4v) is 2.77. The molecule has 1 aromatic heterocycles. The van der Waals surface area contributed by atoms with Gasteiger partial charge in [-0.25, -0.2) is 0 Å². The standard InChI is InChI=1S/C20H16N2O/c1-2-7-15(8-3-1)13-21-22-14-16-9-6-11-18-17-10-4-5-12-19(17)23-20(16)18/h1-12H,13-14H2/b22-21-. The van der Waals surface area contributed by atoms with E-state index in [9.17, 15) is 0 Å². The summed E-state index contributed by atoms with van der Waals surface area (Å²) in [4.78, 5) is 0. The van der Waals surface area contributed by atoms with E-state index < -0.39 is 0 Å². The maximum atomic E-state index is 6.00. The third-order valence-electron chi connectivity index (χ3n) is 3.92. The van der Waals surface area contributed by atoms with E-state index in [1.165, 1.54) is 0 Å². The molecule has 3 aromatic carbocycles. The minimum Gasteiger partial charge on any atom is -0.456 e. The number of para-hydroxylation sites is 2. The monoisotopic (exact) mass is 300 g/mol. The Bertz CT molecular complexity index is 971. The second-order valence-corrected chi connectivity index (χ2v) is 5.48. The summed E-state index contributed by atoms with van der Waals surface area (Å²) in [6.45, 7) is 1.14. The predicted molar refractivity (Wildman–Crippen MR) is 92.4 cm³/mol. The quantitative estimate of drug-likeness (QED) is 0.443.